The van der Waals surface area contributed by atoms with Crippen LogP contribution in [0.2, 0.25) is 0 Å². The molecule has 1 heterocycles. The molecule has 0 saturated carbocycles. The van der Waals surface area contributed by atoms with Crippen molar-refractivity contribution in [1.82, 2.24) is 0 Å². The molecule has 1 rings (SSSR count). The number of aliphatic hydroxyl groups is 1. The van der Waals surface area contributed by atoms with Gasteiger partial charge in [-0.1, -0.05) is 0 Å². The highest BCUT2D eigenvalue weighted by Crippen LogP contribution is 2.36. The van der Waals surface area contributed by atoms with Crippen molar-refractivity contribution in [3.05, 3.63) is 21.9 Å². The predicted molar refractivity (Wildman–Crippen MR) is 65.0 cm³/mol. The first-order chi connectivity index (χ1) is 6.66. The molecule has 0 spiro atoms. The molecular weight excluding hydrogens is 214 g/mol. The monoisotopic (exact) mass is 231 g/mol. The van der Waals surface area contributed by atoms with Crippen molar-refractivity contribution in [2.75, 3.05) is 12.4 Å². The average molecular weight is 231 g/mol. The summed E-state index contributed by atoms with van der Waals surface area (Å²) < 4.78 is 0. The van der Waals surface area contributed by atoms with E-state index < -0.39 is 0 Å². The summed E-state index contributed by atoms with van der Waals surface area (Å²) in [6.45, 7) is 4.35. The van der Waals surface area contributed by atoms with E-state index in [2.05, 4.69) is 18.4 Å². The van der Waals surface area contributed by atoms with E-state index in [0.717, 1.165) is 5.75 Å². The second-order valence-electron chi connectivity index (χ2n) is 3.34. The van der Waals surface area contributed by atoms with Gasteiger partial charge < -0.3 is 10.8 Å². The van der Waals surface area contributed by atoms with Crippen LogP contribution in [0.3, 0.4) is 0 Å². The Labute approximate surface area is 93.5 Å². The average Bonchev–Trinajstić information content (AvgIpc) is 2.52. The van der Waals surface area contributed by atoms with Crippen molar-refractivity contribution < 1.29 is 5.11 Å². The fourth-order valence-electron chi connectivity index (χ4n) is 1.32. The standard InChI is InChI=1S/C10H17NOS2/c1-7-3-5-13-9(7)10(8(2)11)14-6-4-12/h3,5,8,10,12H,4,6,11H2,1-2H3. The first-order valence-corrected chi connectivity index (χ1v) is 6.61. The minimum Gasteiger partial charge on any atom is -0.396 e. The van der Waals surface area contributed by atoms with Crippen molar-refractivity contribution in [2.45, 2.75) is 25.1 Å². The van der Waals surface area contributed by atoms with Gasteiger partial charge in [-0.3, -0.25) is 0 Å². The van der Waals surface area contributed by atoms with Gasteiger partial charge in [-0.25, -0.2) is 0 Å². The van der Waals surface area contributed by atoms with Gasteiger partial charge in [0.1, 0.15) is 0 Å². The first kappa shape index (κ1) is 12.0. The molecule has 80 valence electrons. The smallest absolute Gasteiger partial charge is 0.0542 e. The van der Waals surface area contributed by atoms with Crippen molar-refractivity contribution in [2.24, 2.45) is 5.73 Å². The van der Waals surface area contributed by atoms with Crippen LogP contribution in [0.5, 0.6) is 0 Å². The summed E-state index contributed by atoms with van der Waals surface area (Å²) in [5.74, 6) is 0.754. The number of rotatable bonds is 5. The maximum absolute atomic E-state index is 8.81. The van der Waals surface area contributed by atoms with Crippen LogP contribution in [0.25, 0.3) is 0 Å². The number of aryl methyl sites for hydroxylation is 1. The Morgan fingerprint density at radius 3 is 2.79 bits per heavy atom. The van der Waals surface area contributed by atoms with Crippen LogP contribution < -0.4 is 5.73 Å². The first-order valence-electron chi connectivity index (χ1n) is 4.69. The third kappa shape index (κ3) is 2.98. The van der Waals surface area contributed by atoms with Gasteiger partial charge in [0.05, 0.1) is 11.9 Å². The summed E-state index contributed by atoms with van der Waals surface area (Å²) in [5.41, 5.74) is 7.25. The van der Waals surface area contributed by atoms with E-state index in [-0.39, 0.29) is 12.6 Å². The molecule has 14 heavy (non-hydrogen) atoms. The van der Waals surface area contributed by atoms with E-state index in [1.807, 2.05) is 6.92 Å². The van der Waals surface area contributed by atoms with Crippen LogP contribution in [0.15, 0.2) is 11.4 Å². The van der Waals surface area contributed by atoms with Crippen LogP contribution in [0, 0.1) is 6.92 Å². The lowest BCUT2D eigenvalue weighted by Gasteiger charge is -2.19. The molecule has 2 unspecified atom stereocenters. The molecule has 0 radical (unpaired) electrons. The highest BCUT2D eigenvalue weighted by Gasteiger charge is 2.19. The number of thioether (sulfide) groups is 1. The van der Waals surface area contributed by atoms with Gasteiger partial charge in [0, 0.05) is 16.7 Å². The fraction of sp³-hybridized carbons (Fsp3) is 0.600. The quantitative estimate of drug-likeness (QED) is 0.816. The van der Waals surface area contributed by atoms with Crippen LogP contribution in [0.1, 0.15) is 22.6 Å². The van der Waals surface area contributed by atoms with Gasteiger partial charge in [-0.15, -0.1) is 23.1 Å². The summed E-state index contributed by atoms with van der Waals surface area (Å²) in [4.78, 5) is 1.35. The highest BCUT2D eigenvalue weighted by molar-refractivity contribution is 7.99. The zero-order valence-corrected chi connectivity index (χ0v) is 10.2. The molecule has 0 bridgehead atoms. The van der Waals surface area contributed by atoms with Gasteiger partial charge in [0.2, 0.25) is 0 Å². The third-order valence-corrected chi connectivity index (χ3v) is 4.72. The van der Waals surface area contributed by atoms with Crippen LogP contribution >= 0.6 is 23.1 Å². The van der Waals surface area contributed by atoms with Crippen LogP contribution in [-0.4, -0.2) is 23.5 Å². The Morgan fingerprint density at radius 1 is 1.64 bits per heavy atom. The van der Waals surface area contributed by atoms with E-state index in [9.17, 15) is 0 Å². The molecule has 1 aromatic heterocycles. The lowest BCUT2D eigenvalue weighted by Crippen LogP contribution is -2.23. The molecule has 4 heteroatoms. The summed E-state index contributed by atoms with van der Waals surface area (Å²) in [7, 11) is 0. The third-order valence-electron chi connectivity index (χ3n) is 2.03. The maximum Gasteiger partial charge on any atom is 0.0542 e. The van der Waals surface area contributed by atoms with Gasteiger partial charge in [-0.2, -0.15) is 0 Å². The second-order valence-corrected chi connectivity index (χ2v) is 5.54. The molecule has 0 aliphatic carbocycles. The summed E-state index contributed by atoms with van der Waals surface area (Å²) in [5, 5.41) is 11.2. The summed E-state index contributed by atoms with van der Waals surface area (Å²) in [6.07, 6.45) is 0. The minimum atomic E-state index is 0.129. The molecule has 0 fully saturated rings. The van der Waals surface area contributed by atoms with Gasteiger partial charge in [0.15, 0.2) is 0 Å². The number of thiophene rings is 1. The Hall–Kier alpha value is -0.0300. The van der Waals surface area contributed by atoms with E-state index in [1.54, 1.807) is 23.1 Å². The predicted octanol–water partition coefficient (Wildman–Crippen LogP) is 2.17. The summed E-state index contributed by atoms with van der Waals surface area (Å²) in [6, 6.07) is 2.25. The van der Waals surface area contributed by atoms with E-state index >= 15 is 0 Å². The zero-order chi connectivity index (χ0) is 10.6. The minimum absolute atomic E-state index is 0.129. The molecule has 0 saturated heterocycles. The Kier molecular flexibility index (Phi) is 4.95. The Balaban J connectivity index is 2.73. The van der Waals surface area contributed by atoms with Gasteiger partial charge >= 0.3 is 0 Å². The molecule has 0 amide bonds. The zero-order valence-electron chi connectivity index (χ0n) is 8.56. The van der Waals surface area contributed by atoms with Crippen molar-refractivity contribution in [3.63, 3.8) is 0 Å². The Bertz CT molecular complexity index is 273. The molecule has 0 aliphatic rings. The number of aliphatic hydroxyl groups excluding tert-OH is 1. The van der Waals surface area contributed by atoms with Crippen molar-refractivity contribution in [1.29, 1.82) is 0 Å². The molecule has 2 atom stereocenters. The number of hydrogen-bond donors (Lipinski definition) is 2. The van der Waals surface area contributed by atoms with Gasteiger partial charge in [-0.05, 0) is 30.9 Å². The van der Waals surface area contributed by atoms with E-state index in [0.29, 0.717) is 5.25 Å². The molecule has 1 aromatic rings. The lowest BCUT2D eigenvalue weighted by atomic mass is 10.1. The Morgan fingerprint density at radius 2 is 2.36 bits per heavy atom. The lowest BCUT2D eigenvalue weighted by molar-refractivity contribution is 0.322. The van der Waals surface area contributed by atoms with E-state index in [1.165, 1.54) is 10.4 Å². The normalized spacial score (nSPS) is 15.4. The topological polar surface area (TPSA) is 46.2 Å². The maximum atomic E-state index is 8.81. The number of nitrogens with two attached hydrogens (primary N) is 1. The van der Waals surface area contributed by atoms with Crippen molar-refractivity contribution >= 4 is 23.1 Å². The number of hydrogen-bond acceptors (Lipinski definition) is 4. The van der Waals surface area contributed by atoms with Gasteiger partial charge in [0.25, 0.3) is 0 Å². The second kappa shape index (κ2) is 5.75. The molecule has 0 aliphatic heterocycles. The fourth-order valence-corrected chi connectivity index (χ4v) is 3.71. The van der Waals surface area contributed by atoms with Crippen LogP contribution in [0.4, 0.5) is 0 Å². The van der Waals surface area contributed by atoms with Crippen LogP contribution in [-0.2, 0) is 0 Å². The molecule has 2 nitrogen and oxygen atoms in total. The summed E-state index contributed by atoms with van der Waals surface area (Å²) >= 11 is 3.49. The SMILES string of the molecule is Cc1ccsc1C(SCCO)C(C)N. The molecular formula is C10H17NOS2. The molecule has 3 N–H and O–H groups in total. The molecule has 0 aromatic carbocycles. The van der Waals surface area contributed by atoms with E-state index in [4.69, 9.17) is 10.8 Å². The highest BCUT2D eigenvalue weighted by atomic mass is 32.2. The largest absolute Gasteiger partial charge is 0.396 e. The van der Waals surface area contributed by atoms with Crippen molar-refractivity contribution in [3.8, 4) is 0 Å².